The summed E-state index contributed by atoms with van der Waals surface area (Å²) < 4.78 is 13.0. The van der Waals surface area contributed by atoms with Crippen LogP contribution in [0, 0.1) is 6.92 Å². The first-order chi connectivity index (χ1) is 14.1. The Balaban J connectivity index is 1.59. The fourth-order valence-electron chi connectivity index (χ4n) is 4.15. The lowest BCUT2D eigenvalue weighted by atomic mass is 9.97. The van der Waals surface area contributed by atoms with Crippen LogP contribution in [0.3, 0.4) is 0 Å². The molecule has 0 amide bonds. The van der Waals surface area contributed by atoms with Crippen molar-refractivity contribution in [2.24, 2.45) is 0 Å². The Morgan fingerprint density at radius 2 is 2.14 bits per heavy atom. The zero-order chi connectivity index (χ0) is 20.0. The number of rotatable bonds is 5. The summed E-state index contributed by atoms with van der Waals surface area (Å²) in [5.41, 5.74) is 1.30. The Labute approximate surface area is 176 Å². The second kappa shape index (κ2) is 7.85. The molecule has 0 N–H and O–H groups in total. The molecule has 1 aliphatic heterocycles. The number of fused-ring (bicyclic) bond motifs is 3. The number of hydrogen-bond acceptors (Lipinski definition) is 8. The predicted molar refractivity (Wildman–Crippen MR) is 113 cm³/mol. The van der Waals surface area contributed by atoms with Crippen molar-refractivity contribution in [2.75, 3.05) is 6.61 Å². The molecule has 154 valence electrons. The summed E-state index contributed by atoms with van der Waals surface area (Å²) in [5, 5.41) is 5.33. The molecule has 9 heteroatoms. The van der Waals surface area contributed by atoms with E-state index in [2.05, 4.69) is 10.1 Å². The molecule has 7 nitrogen and oxygen atoms in total. The Morgan fingerprint density at radius 1 is 1.28 bits per heavy atom. The van der Waals surface area contributed by atoms with Crippen molar-refractivity contribution in [3.63, 3.8) is 0 Å². The summed E-state index contributed by atoms with van der Waals surface area (Å²) in [7, 11) is 0. The summed E-state index contributed by atoms with van der Waals surface area (Å²) in [5.74, 6) is 1.16. The molecule has 0 saturated carbocycles. The predicted octanol–water partition coefficient (Wildman–Crippen LogP) is 4.06. The first kappa shape index (κ1) is 19.3. The maximum absolute atomic E-state index is 13.6. The van der Waals surface area contributed by atoms with Crippen molar-refractivity contribution in [3.05, 3.63) is 32.5 Å². The van der Waals surface area contributed by atoms with Gasteiger partial charge in [-0.3, -0.25) is 9.36 Å². The van der Waals surface area contributed by atoms with Gasteiger partial charge in [-0.1, -0.05) is 16.9 Å². The second-order valence-corrected chi connectivity index (χ2v) is 10.2. The summed E-state index contributed by atoms with van der Waals surface area (Å²) in [6.07, 6.45) is 6.48. The van der Waals surface area contributed by atoms with Gasteiger partial charge in [0.1, 0.15) is 4.83 Å². The zero-order valence-corrected chi connectivity index (χ0v) is 18.3. The first-order valence-corrected chi connectivity index (χ1v) is 11.9. The van der Waals surface area contributed by atoms with Crippen molar-refractivity contribution in [3.8, 4) is 0 Å². The minimum absolute atomic E-state index is 0.0707. The van der Waals surface area contributed by atoms with Gasteiger partial charge in [0.05, 0.1) is 23.3 Å². The smallest absolute Gasteiger partial charge is 0.263 e. The van der Waals surface area contributed by atoms with E-state index in [4.69, 9.17) is 14.2 Å². The van der Waals surface area contributed by atoms with E-state index >= 15 is 0 Å². The summed E-state index contributed by atoms with van der Waals surface area (Å²) in [6, 6.07) is 0. The third-order valence-electron chi connectivity index (χ3n) is 5.62. The topological polar surface area (TPSA) is 83.0 Å². The van der Waals surface area contributed by atoms with Crippen LogP contribution in [0.2, 0.25) is 0 Å². The lowest BCUT2D eigenvalue weighted by Crippen LogP contribution is -2.29. The van der Waals surface area contributed by atoms with E-state index in [-0.39, 0.29) is 16.9 Å². The van der Waals surface area contributed by atoms with Crippen LogP contribution in [0.1, 0.15) is 60.0 Å². The number of hydrogen-bond donors (Lipinski definition) is 0. The maximum atomic E-state index is 13.6. The molecule has 2 aliphatic rings. The number of thiophene rings is 1. The van der Waals surface area contributed by atoms with Crippen LogP contribution in [0.4, 0.5) is 0 Å². The van der Waals surface area contributed by atoms with E-state index in [1.54, 1.807) is 18.3 Å². The second-order valence-electron chi connectivity index (χ2n) is 7.78. The average Bonchev–Trinajstić information content (AvgIpc) is 3.44. The monoisotopic (exact) mass is 432 g/mol. The Kier molecular flexibility index (Phi) is 5.21. The van der Waals surface area contributed by atoms with E-state index in [0.29, 0.717) is 23.4 Å². The van der Waals surface area contributed by atoms with Crippen LogP contribution in [0.25, 0.3) is 10.2 Å². The molecule has 3 aromatic rings. The number of aryl methyl sites for hydroxylation is 3. The molecule has 1 aliphatic carbocycles. The van der Waals surface area contributed by atoms with Crippen LogP contribution in [-0.4, -0.2) is 32.4 Å². The number of aromatic nitrogens is 4. The third kappa shape index (κ3) is 3.64. The SMILES string of the molecule is Cc1noc([C@@H](C)Sc2nc3sc4c(c3c(=O)n2C[C@@H]2CCCO2)CCCC4)n1. The lowest BCUT2D eigenvalue weighted by molar-refractivity contribution is 0.0937. The molecule has 5 rings (SSSR count). The quantitative estimate of drug-likeness (QED) is 0.444. The Morgan fingerprint density at radius 3 is 2.90 bits per heavy atom. The largest absolute Gasteiger partial charge is 0.376 e. The minimum atomic E-state index is -0.0918. The summed E-state index contributed by atoms with van der Waals surface area (Å²) in [6.45, 7) is 5.12. The van der Waals surface area contributed by atoms with Gasteiger partial charge in [-0.2, -0.15) is 4.98 Å². The molecular weight excluding hydrogens is 408 g/mol. The van der Waals surface area contributed by atoms with Crippen molar-refractivity contribution in [2.45, 2.75) is 75.4 Å². The van der Waals surface area contributed by atoms with Gasteiger partial charge < -0.3 is 9.26 Å². The molecule has 0 radical (unpaired) electrons. The van der Waals surface area contributed by atoms with Gasteiger partial charge in [0.25, 0.3) is 5.56 Å². The molecule has 0 spiro atoms. The zero-order valence-electron chi connectivity index (χ0n) is 16.6. The van der Waals surface area contributed by atoms with E-state index in [1.807, 2.05) is 11.5 Å². The molecule has 1 saturated heterocycles. The van der Waals surface area contributed by atoms with Gasteiger partial charge in [0.2, 0.25) is 5.89 Å². The maximum Gasteiger partial charge on any atom is 0.263 e. The molecular formula is C20H24N4O3S2. The van der Waals surface area contributed by atoms with E-state index in [0.717, 1.165) is 48.9 Å². The highest BCUT2D eigenvalue weighted by molar-refractivity contribution is 7.99. The molecule has 4 heterocycles. The molecule has 2 atom stereocenters. The summed E-state index contributed by atoms with van der Waals surface area (Å²) >= 11 is 3.19. The third-order valence-corrected chi connectivity index (χ3v) is 7.89. The van der Waals surface area contributed by atoms with Crippen LogP contribution in [0.15, 0.2) is 14.5 Å². The van der Waals surface area contributed by atoms with Crippen LogP contribution in [0.5, 0.6) is 0 Å². The highest BCUT2D eigenvalue weighted by Crippen LogP contribution is 2.37. The van der Waals surface area contributed by atoms with Crippen LogP contribution in [-0.2, 0) is 24.1 Å². The molecule has 0 bridgehead atoms. The van der Waals surface area contributed by atoms with Gasteiger partial charge in [-0.05, 0) is 57.9 Å². The molecule has 29 heavy (non-hydrogen) atoms. The fourth-order valence-corrected chi connectivity index (χ4v) is 6.40. The molecule has 3 aromatic heterocycles. The number of thioether (sulfide) groups is 1. The van der Waals surface area contributed by atoms with Crippen molar-refractivity contribution < 1.29 is 9.26 Å². The van der Waals surface area contributed by atoms with Gasteiger partial charge in [-0.15, -0.1) is 11.3 Å². The highest BCUT2D eigenvalue weighted by Gasteiger charge is 2.26. The van der Waals surface area contributed by atoms with Crippen LogP contribution >= 0.6 is 23.1 Å². The summed E-state index contributed by atoms with van der Waals surface area (Å²) in [4.78, 5) is 25.1. The van der Waals surface area contributed by atoms with Gasteiger partial charge in [0, 0.05) is 11.5 Å². The Hall–Kier alpha value is -1.71. The number of ether oxygens (including phenoxy) is 1. The molecule has 1 fully saturated rings. The van der Waals surface area contributed by atoms with Crippen LogP contribution < -0.4 is 5.56 Å². The van der Waals surface area contributed by atoms with Crippen molar-refractivity contribution >= 4 is 33.3 Å². The van der Waals surface area contributed by atoms with Gasteiger partial charge in [0.15, 0.2) is 11.0 Å². The normalized spacial score (nSPS) is 20.3. The Bertz CT molecular complexity index is 1100. The fraction of sp³-hybridized carbons (Fsp3) is 0.600. The standard InChI is InChI=1S/C20H24N4O3S2/c1-11(17-21-12(2)23-27-17)28-20-22-18-16(14-7-3-4-8-15(14)29-18)19(25)24(20)10-13-6-5-9-26-13/h11,13H,3-10H2,1-2H3/t11-,13+/m1/s1. The van der Waals surface area contributed by atoms with Crippen molar-refractivity contribution in [1.82, 2.24) is 19.7 Å². The van der Waals surface area contributed by atoms with E-state index < -0.39 is 0 Å². The minimum Gasteiger partial charge on any atom is -0.376 e. The first-order valence-electron chi connectivity index (χ1n) is 10.2. The van der Waals surface area contributed by atoms with Crippen molar-refractivity contribution in [1.29, 1.82) is 0 Å². The lowest BCUT2D eigenvalue weighted by Gasteiger charge is -2.17. The molecule has 0 unspecified atom stereocenters. The van der Waals surface area contributed by atoms with E-state index in [9.17, 15) is 4.79 Å². The van der Waals surface area contributed by atoms with Gasteiger partial charge >= 0.3 is 0 Å². The van der Waals surface area contributed by atoms with E-state index in [1.165, 1.54) is 28.6 Å². The average molecular weight is 433 g/mol. The molecule has 0 aromatic carbocycles. The van der Waals surface area contributed by atoms with Gasteiger partial charge in [-0.25, -0.2) is 4.98 Å². The highest BCUT2D eigenvalue weighted by atomic mass is 32.2. The number of nitrogens with zero attached hydrogens (tertiary/aromatic N) is 4.